The van der Waals surface area contributed by atoms with Crippen molar-refractivity contribution in [3.63, 3.8) is 0 Å². The number of benzene rings is 2. The average molecular weight is 369 g/mol. The highest BCUT2D eigenvalue weighted by molar-refractivity contribution is 7.99. The Bertz CT molecular complexity index is 930. The number of hydrogen-bond donors (Lipinski definition) is 0. The summed E-state index contributed by atoms with van der Waals surface area (Å²) in [5, 5.41) is 0.764. The number of fused-ring (bicyclic) bond motifs is 1. The lowest BCUT2D eigenvalue weighted by molar-refractivity contribution is -0.128. The summed E-state index contributed by atoms with van der Waals surface area (Å²) in [6, 6.07) is 13.8. The molecule has 0 fully saturated rings. The molecule has 1 unspecified atom stereocenters. The number of hydrogen-bond acceptors (Lipinski definition) is 4. The molecular formula is C20H20FN3OS. The second kappa shape index (κ2) is 7.83. The van der Waals surface area contributed by atoms with E-state index in [1.165, 1.54) is 23.9 Å². The molecule has 2 aromatic carbocycles. The number of thioether (sulfide) groups is 1. The van der Waals surface area contributed by atoms with E-state index in [4.69, 9.17) is 0 Å². The van der Waals surface area contributed by atoms with Gasteiger partial charge >= 0.3 is 0 Å². The molecule has 1 aromatic heterocycles. The summed E-state index contributed by atoms with van der Waals surface area (Å²) < 4.78 is 13.1. The van der Waals surface area contributed by atoms with Gasteiger partial charge in [-0.15, -0.1) is 0 Å². The number of halogens is 1. The van der Waals surface area contributed by atoms with Crippen molar-refractivity contribution >= 4 is 28.7 Å². The molecule has 1 atom stereocenters. The lowest BCUT2D eigenvalue weighted by Gasteiger charge is -2.25. The van der Waals surface area contributed by atoms with Gasteiger partial charge in [-0.2, -0.15) is 0 Å². The van der Waals surface area contributed by atoms with Crippen molar-refractivity contribution in [3.8, 4) is 0 Å². The summed E-state index contributed by atoms with van der Waals surface area (Å²) in [5.74, 6) is -0.0207. The average Bonchev–Trinajstić information content (AvgIpc) is 2.65. The van der Waals surface area contributed by atoms with Crippen LogP contribution in [0.2, 0.25) is 0 Å². The van der Waals surface area contributed by atoms with Crippen LogP contribution in [-0.2, 0) is 4.79 Å². The predicted molar refractivity (Wildman–Crippen MR) is 103 cm³/mol. The third-order valence-corrected chi connectivity index (χ3v) is 5.41. The van der Waals surface area contributed by atoms with Gasteiger partial charge in [0.2, 0.25) is 5.91 Å². The predicted octanol–water partition coefficient (Wildman–Crippen LogP) is 4.39. The Morgan fingerprint density at radius 3 is 2.38 bits per heavy atom. The number of carbonyl (C=O) groups excluding carboxylic acids is 1. The zero-order chi connectivity index (χ0) is 18.7. The molecule has 0 aliphatic carbocycles. The van der Waals surface area contributed by atoms with E-state index in [9.17, 15) is 9.18 Å². The van der Waals surface area contributed by atoms with Crippen LogP contribution in [0.5, 0.6) is 0 Å². The molecule has 3 rings (SSSR count). The molecule has 0 spiro atoms. The monoisotopic (exact) mass is 369 g/mol. The first-order valence-electron chi connectivity index (χ1n) is 8.33. The first-order valence-corrected chi connectivity index (χ1v) is 9.31. The fraction of sp³-hybridized carbons (Fsp3) is 0.250. The van der Waals surface area contributed by atoms with Crippen LogP contribution in [0.1, 0.15) is 24.2 Å². The number of carbonyl (C=O) groups is 1. The topological polar surface area (TPSA) is 46.1 Å². The molecule has 1 amide bonds. The van der Waals surface area contributed by atoms with Crippen LogP contribution in [0.3, 0.4) is 0 Å². The maximum absolute atomic E-state index is 13.1. The lowest BCUT2D eigenvalue weighted by atomic mass is 10.1. The van der Waals surface area contributed by atoms with E-state index in [2.05, 4.69) is 9.97 Å². The molecule has 0 bridgehead atoms. The number of amides is 1. The van der Waals surface area contributed by atoms with Crippen molar-refractivity contribution in [3.05, 3.63) is 65.6 Å². The van der Waals surface area contributed by atoms with Crippen molar-refractivity contribution in [1.82, 2.24) is 14.9 Å². The number of aromatic nitrogens is 2. The SMILES string of the molecule is Cc1nc2ccccc2nc1SCC(=O)N(C)C(C)c1ccc(F)cc1. The fourth-order valence-electron chi connectivity index (χ4n) is 2.62. The van der Waals surface area contributed by atoms with Crippen LogP contribution in [0.15, 0.2) is 53.6 Å². The Labute approximate surface area is 156 Å². The van der Waals surface area contributed by atoms with E-state index >= 15 is 0 Å². The third kappa shape index (κ3) is 4.02. The van der Waals surface area contributed by atoms with Crippen molar-refractivity contribution in [2.45, 2.75) is 24.9 Å². The van der Waals surface area contributed by atoms with Crippen molar-refractivity contribution < 1.29 is 9.18 Å². The number of aryl methyl sites for hydroxylation is 1. The van der Waals surface area contributed by atoms with Crippen LogP contribution >= 0.6 is 11.8 Å². The van der Waals surface area contributed by atoms with Gasteiger partial charge in [-0.05, 0) is 43.7 Å². The van der Waals surface area contributed by atoms with E-state index in [1.807, 2.05) is 38.1 Å². The Balaban J connectivity index is 1.68. The minimum absolute atomic E-state index is 0.0128. The lowest BCUT2D eigenvalue weighted by Crippen LogP contribution is -2.31. The normalized spacial score (nSPS) is 12.2. The van der Waals surface area contributed by atoms with Gasteiger partial charge in [0.15, 0.2) is 0 Å². The van der Waals surface area contributed by atoms with Gasteiger partial charge in [0.1, 0.15) is 10.8 Å². The highest BCUT2D eigenvalue weighted by Crippen LogP contribution is 2.24. The van der Waals surface area contributed by atoms with Crippen LogP contribution in [0, 0.1) is 12.7 Å². The van der Waals surface area contributed by atoms with Gasteiger partial charge in [-0.25, -0.2) is 14.4 Å². The van der Waals surface area contributed by atoms with Gasteiger partial charge in [-0.3, -0.25) is 4.79 Å². The van der Waals surface area contributed by atoms with Gasteiger partial charge < -0.3 is 4.90 Å². The zero-order valence-electron chi connectivity index (χ0n) is 14.9. The van der Waals surface area contributed by atoms with Gasteiger partial charge in [0, 0.05) is 7.05 Å². The molecule has 6 heteroatoms. The number of rotatable bonds is 5. The Morgan fingerprint density at radius 1 is 1.12 bits per heavy atom. The highest BCUT2D eigenvalue weighted by Gasteiger charge is 2.18. The fourth-order valence-corrected chi connectivity index (χ4v) is 3.50. The number of nitrogens with zero attached hydrogens (tertiary/aromatic N) is 3. The first-order chi connectivity index (χ1) is 12.5. The largest absolute Gasteiger partial charge is 0.338 e. The van der Waals surface area contributed by atoms with E-state index in [1.54, 1.807) is 24.1 Å². The Kier molecular flexibility index (Phi) is 5.52. The van der Waals surface area contributed by atoms with Crippen LogP contribution in [-0.4, -0.2) is 33.6 Å². The van der Waals surface area contributed by atoms with Gasteiger partial charge in [-0.1, -0.05) is 36.0 Å². The second-order valence-electron chi connectivity index (χ2n) is 6.12. The molecule has 0 aliphatic rings. The molecule has 0 saturated heterocycles. The maximum atomic E-state index is 13.1. The van der Waals surface area contributed by atoms with Crippen molar-refractivity contribution in [2.75, 3.05) is 12.8 Å². The van der Waals surface area contributed by atoms with Crippen LogP contribution in [0.25, 0.3) is 11.0 Å². The minimum Gasteiger partial charge on any atom is -0.338 e. The van der Waals surface area contributed by atoms with Gasteiger partial charge in [0.05, 0.1) is 28.5 Å². The molecular weight excluding hydrogens is 349 g/mol. The molecule has 0 radical (unpaired) electrons. The first kappa shape index (κ1) is 18.3. The summed E-state index contributed by atoms with van der Waals surface area (Å²) in [6.07, 6.45) is 0. The van der Waals surface area contributed by atoms with E-state index in [0.29, 0.717) is 0 Å². The van der Waals surface area contributed by atoms with Crippen molar-refractivity contribution in [2.24, 2.45) is 0 Å². The van der Waals surface area contributed by atoms with Gasteiger partial charge in [0.25, 0.3) is 0 Å². The highest BCUT2D eigenvalue weighted by atomic mass is 32.2. The summed E-state index contributed by atoms with van der Waals surface area (Å²) in [4.78, 5) is 23.4. The summed E-state index contributed by atoms with van der Waals surface area (Å²) in [7, 11) is 1.76. The molecule has 26 heavy (non-hydrogen) atoms. The smallest absolute Gasteiger partial charge is 0.233 e. The molecule has 3 aromatic rings. The quantitative estimate of drug-likeness (QED) is 0.626. The molecule has 0 N–H and O–H groups in total. The van der Waals surface area contributed by atoms with E-state index in [-0.39, 0.29) is 23.5 Å². The van der Waals surface area contributed by atoms with Crippen LogP contribution < -0.4 is 0 Å². The Hall–Kier alpha value is -2.47. The van der Waals surface area contributed by atoms with E-state index in [0.717, 1.165) is 27.3 Å². The minimum atomic E-state index is -0.282. The molecule has 4 nitrogen and oxygen atoms in total. The summed E-state index contributed by atoms with van der Waals surface area (Å²) in [5.41, 5.74) is 3.38. The summed E-state index contributed by atoms with van der Waals surface area (Å²) >= 11 is 1.39. The van der Waals surface area contributed by atoms with E-state index < -0.39 is 0 Å². The molecule has 134 valence electrons. The molecule has 0 aliphatic heterocycles. The number of para-hydroxylation sites is 2. The summed E-state index contributed by atoms with van der Waals surface area (Å²) in [6.45, 7) is 3.83. The third-order valence-electron chi connectivity index (χ3n) is 4.36. The Morgan fingerprint density at radius 2 is 1.73 bits per heavy atom. The zero-order valence-corrected chi connectivity index (χ0v) is 15.8. The molecule has 1 heterocycles. The second-order valence-corrected chi connectivity index (χ2v) is 7.09. The van der Waals surface area contributed by atoms with Crippen LogP contribution in [0.4, 0.5) is 4.39 Å². The van der Waals surface area contributed by atoms with Crippen molar-refractivity contribution in [1.29, 1.82) is 0 Å². The maximum Gasteiger partial charge on any atom is 0.233 e. The molecule has 0 saturated carbocycles. The standard InChI is InChI=1S/C20H20FN3OS/c1-13-20(23-18-7-5-4-6-17(18)22-13)26-12-19(25)24(3)14(2)15-8-10-16(21)11-9-15/h4-11,14H,12H2,1-3H3.